The van der Waals surface area contributed by atoms with Crippen molar-refractivity contribution in [3.8, 4) is 0 Å². The largest absolute Gasteiger partial charge is 0.457 e. The number of nitrogens with zero attached hydrogens (tertiary/aromatic N) is 1. The molecule has 0 heterocycles. The van der Waals surface area contributed by atoms with Crippen molar-refractivity contribution in [3.63, 3.8) is 0 Å². The molecular formula is C17H22N2O6. The number of carbonyl (C=O) groups excluding carboxylic acids is 2. The zero-order valence-electron chi connectivity index (χ0n) is 14.5. The second-order valence-electron chi connectivity index (χ2n) is 6.93. The maximum Gasteiger partial charge on any atom is 0.408 e. The number of amides is 1. The number of carbonyl (C=O) groups is 2. The Morgan fingerprint density at radius 3 is 2.40 bits per heavy atom. The van der Waals surface area contributed by atoms with Gasteiger partial charge in [-0.15, -0.1) is 0 Å². The van der Waals surface area contributed by atoms with Crippen molar-refractivity contribution in [1.82, 2.24) is 5.32 Å². The number of esters is 1. The van der Waals surface area contributed by atoms with E-state index >= 15 is 0 Å². The summed E-state index contributed by atoms with van der Waals surface area (Å²) in [6.07, 6.45) is 1.15. The first-order chi connectivity index (χ1) is 11.7. The second-order valence-corrected chi connectivity index (χ2v) is 6.93. The standard InChI is InChI=1S/C17H22N2O6/c1-17(2,3)25-16(21)18-13-5-4-6-14(13)24-15(20)11-7-9-12(10-8-11)19(22)23/h7-10,13-14H,4-6H2,1-3H3,(H,18,21). The lowest BCUT2D eigenvalue weighted by Crippen LogP contribution is -2.44. The Balaban J connectivity index is 1.94. The molecule has 1 amide bonds. The summed E-state index contributed by atoms with van der Waals surface area (Å²) in [5.41, 5.74) is -0.469. The Morgan fingerprint density at radius 1 is 1.20 bits per heavy atom. The predicted octanol–water partition coefficient (Wildman–Crippen LogP) is 3.20. The smallest absolute Gasteiger partial charge is 0.408 e. The van der Waals surface area contributed by atoms with E-state index in [0.717, 1.165) is 6.42 Å². The summed E-state index contributed by atoms with van der Waals surface area (Å²) in [4.78, 5) is 34.2. The van der Waals surface area contributed by atoms with Gasteiger partial charge in [-0.05, 0) is 52.2 Å². The fourth-order valence-electron chi connectivity index (χ4n) is 2.62. The van der Waals surface area contributed by atoms with Crippen molar-refractivity contribution in [2.24, 2.45) is 0 Å². The number of benzene rings is 1. The van der Waals surface area contributed by atoms with Crippen LogP contribution < -0.4 is 5.32 Å². The van der Waals surface area contributed by atoms with Gasteiger partial charge in [0.1, 0.15) is 11.7 Å². The van der Waals surface area contributed by atoms with Crippen LogP contribution in [0.4, 0.5) is 10.5 Å². The van der Waals surface area contributed by atoms with Crippen LogP contribution in [0.3, 0.4) is 0 Å². The van der Waals surface area contributed by atoms with Gasteiger partial charge in [0, 0.05) is 12.1 Å². The lowest BCUT2D eigenvalue weighted by atomic mass is 10.2. The third kappa shape index (κ3) is 5.44. The second kappa shape index (κ2) is 7.50. The van der Waals surface area contributed by atoms with Crippen LogP contribution >= 0.6 is 0 Å². The molecule has 0 spiro atoms. The molecule has 0 aromatic heterocycles. The Bertz CT molecular complexity index is 650. The fraction of sp³-hybridized carbons (Fsp3) is 0.529. The van der Waals surface area contributed by atoms with Gasteiger partial charge in [-0.3, -0.25) is 10.1 Å². The summed E-state index contributed by atoms with van der Waals surface area (Å²) in [5.74, 6) is -0.571. The van der Waals surface area contributed by atoms with Crippen LogP contribution in [0.25, 0.3) is 0 Å². The minimum Gasteiger partial charge on any atom is -0.457 e. The third-order valence-corrected chi connectivity index (χ3v) is 3.73. The van der Waals surface area contributed by atoms with Gasteiger partial charge in [0.2, 0.25) is 0 Å². The average Bonchev–Trinajstić information content (AvgIpc) is 2.92. The van der Waals surface area contributed by atoms with Gasteiger partial charge in [0.25, 0.3) is 5.69 Å². The first kappa shape index (κ1) is 18.7. The van der Waals surface area contributed by atoms with Crippen molar-refractivity contribution in [1.29, 1.82) is 0 Å². The molecule has 1 saturated carbocycles. The van der Waals surface area contributed by atoms with E-state index in [9.17, 15) is 19.7 Å². The number of non-ortho nitro benzene ring substituents is 1. The highest BCUT2D eigenvalue weighted by Crippen LogP contribution is 2.24. The Kier molecular flexibility index (Phi) is 5.61. The number of ether oxygens (including phenoxy) is 2. The maximum absolute atomic E-state index is 12.2. The summed E-state index contributed by atoms with van der Waals surface area (Å²) in [6.45, 7) is 5.31. The average molecular weight is 350 g/mol. The molecule has 1 aromatic rings. The molecule has 1 N–H and O–H groups in total. The number of hydrogen-bond acceptors (Lipinski definition) is 6. The molecule has 1 aromatic carbocycles. The Hall–Kier alpha value is -2.64. The van der Waals surface area contributed by atoms with Crippen LogP contribution in [0.5, 0.6) is 0 Å². The normalized spacial score (nSPS) is 20.0. The van der Waals surface area contributed by atoms with Crippen LogP contribution in [-0.4, -0.2) is 34.7 Å². The molecule has 0 aliphatic heterocycles. The molecule has 2 rings (SSSR count). The zero-order valence-corrected chi connectivity index (χ0v) is 14.5. The first-order valence-electron chi connectivity index (χ1n) is 8.10. The molecule has 1 aliphatic carbocycles. The zero-order chi connectivity index (χ0) is 18.6. The van der Waals surface area contributed by atoms with Gasteiger partial charge in [0.15, 0.2) is 0 Å². The highest BCUT2D eigenvalue weighted by atomic mass is 16.6. The summed E-state index contributed by atoms with van der Waals surface area (Å²) < 4.78 is 10.7. The molecule has 1 fully saturated rings. The van der Waals surface area contributed by atoms with Crippen LogP contribution in [0.2, 0.25) is 0 Å². The molecule has 0 saturated heterocycles. The van der Waals surface area contributed by atoms with Crippen LogP contribution in [0.1, 0.15) is 50.4 Å². The lowest BCUT2D eigenvalue weighted by Gasteiger charge is -2.24. The first-order valence-corrected chi connectivity index (χ1v) is 8.10. The van der Waals surface area contributed by atoms with Gasteiger partial charge in [-0.2, -0.15) is 0 Å². The topological polar surface area (TPSA) is 108 Å². The molecule has 2 atom stereocenters. The number of hydrogen-bond donors (Lipinski definition) is 1. The quantitative estimate of drug-likeness (QED) is 0.507. The molecule has 8 heteroatoms. The Morgan fingerprint density at radius 2 is 1.84 bits per heavy atom. The molecule has 1 aliphatic rings. The van der Waals surface area contributed by atoms with Crippen molar-refractivity contribution in [2.75, 3.05) is 0 Å². The van der Waals surface area contributed by atoms with Gasteiger partial charge in [0.05, 0.1) is 16.5 Å². The number of nitrogens with one attached hydrogen (secondary N) is 1. The van der Waals surface area contributed by atoms with Crippen LogP contribution in [-0.2, 0) is 9.47 Å². The number of nitro groups is 1. The van der Waals surface area contributed by atoms with E-state index in [-0.39, 0.29) is 17.3 Å². The highest BCUT2D eigenvalue weighted by molar-refractivity contribution is 5.89. The molecule has 8 nitrogen and oxygen atoms in total. The van der Waals surface area contributed by atoms with E-state index < -0.39 is 28.7 Å². The lowest BCUT2D eigenvalue weighted by molar-refractivity contribution is -0.384. The Labute approximate surface area is 145 Å². The maximum atomic E-state index is 12.2. The minimum atomic E-state index is -0.604. The van der Waals surface area contributed by atoms with E-state index in [1.807, 2.05) is 0 Å². The van der Waals surface area contributed by atoms with Gasteiger partial charge in [-0.25, -0.2) is 9.59 Å². The van der Waals surface area contributed by atoms with E-state index in [0.29, 0.717) is 12.8 Å². The van der Waals surface area contributed by atoms with Gasteiger partial charge in [-0.1, -0.05) is 0 Å². The summed E-state index contributed by atoms with van der Waals surface area (Å²) in [6, 6.07) is 4.90. The predicted molar refractivity (Wildman–Crippen MR) is 89.3 cm³/mol. The van der Waals surface area contributed by atoms with E-state index in [4.69, 9.17) is 9.47 Å². The van der Waals surface area contributed by atoms with E-state index in [1.54, 1.807) is 20.8 Å². The van der Waals surface area contributed by atoms with Crippen molar-refractivity contribution >= 4 is 17.7 Å². The van der Waals surface area contributed by atoms with E-state index in [1.165, 1.54) is 24.3 Å². The van der Waals surface area contributed by atoms with Gasteiger partial charge >= 0.3 is 12.1 Å². The molecule has 25 heavy (non-hydrogen) atoms. The van der Waals surface area contributed by atoms with Crippen molar-refractivity contribution in [2.45, 2.75) is 57.8 Å². The third-order valence-electron chi connectivity index (χ3n) is 3.73. The van der Waals surface area contributed by atoms with Crippen LogP contribution in [0, 0.1) is 10.1 Å². The summed E-state index contributed by atoms with van der Waals surface area (Å²) in [7, 11) is 0. The fourth-order valence-corrected chi connectivity index (χ4v) is 2.62. The molecule has 0 bridgehead atoms. The highest BCUT2D eigenvalue weighted by Gasteiger charge is 2.33. The van der Waals surface area contributed by atoms with Crippen LogP contribution in [0.15, 0.2) is 24.3 Å². The molecule has 0 radical (unpaired) electrons. The number of rotatable bonds is 4. The summed E-state index contributed by atoms with van der Waals surface area (Å²) in [5, 5.41) is 13.4. The molecular weight excluding hydrogens is 328 g/mol. The SMILES string of the molecule is CC(C)(C)OC(=O)NC1CCCC1OC(=O)c1ccc([N+](=O)[O-])cc1. The van der Waals surface area contributed by atoms with Crippen molar-refractivity contribution < 1.29 is 24.0 Å². The number of nitro benzene ring substituents is 1. The number of alkyl carbamates (subject to hydrolysis) is 1. The monoisotopic (exact) mass is 350 g/mol. The summed E-state index contributed by atoms with van der Waals surface area (Å²) >= 11 is 0. The van der Waals surface area contributed by atoms with E-state index in [2.05, 4.69) is 5.32 Å². The van der Waals surface area contributed by atoms with Crippen molar-refractivity contribution in [3.05, 3.63) is 39.9 Å². The van der Waals surface area contributed by atoms with Gasteiger partial charge < -0.3 is 14.8 Å². The minimum absolute atomic E-state index is 0.0955. The molecule has 2 unspecified atom stereocenters. The molecule has 136 valence electrons.